The lowest BCUT2D eigenvalue weighted by molar-refractivity contribution is -0.376. The van der Waals surface area contributed by atoms with E-state index in [1.807, 2.05) is 0 Å². The maximum absolute atomic E-state index is 11.8. The minimum absolute atomic E-state index is 0.0977. The molecule has 178 valence electrons. The van der Waals surface area contributed by atoms with Crippen LogP contribution in [0.15, 0.2) is 0 Å². The fourth-order valence-electron chi connectivity index (χ4n) is 3.22. The van der Waals surface area contributed by atoms with E-state index in [1.165, 1.54) is 0 Å². The van der Waals surface area contributed by atoms with Crippen molar-refractivity contribution in [2.24, 2.45) is 0 Å². The van der Waals surface area contributed by atoms with Gasteiger partial charge in [-0.2, -0.15) is 0 Å². The van der Waals surface area contributed by atoms with Crippen molar-refractivity contribution in [3.63, 3.8) is 0 Å². The van der Waals surface area contributed by atoms with E-state index in [9.17, 15) is 40.5 Å². The van der Waals surface area contributed by atoms with E-state index in [1.54, 1.807) is 0 Å². The first kappa shape index (κ1) is 25.9. The second-order valence-electron chi connectivity index (χ2n) is 7.44. The van der Waals surface area contributed by atoms with Gasteiger partial charge in [-0.15, -0.1) is 12.3 Å². The third kappa shape index (κ3) is 6.56. The Kier molecular flexibility index (Phi) is 10.0. The number of carbonyl (C=O) groups excluding carboxylic acids is 1. The molecule has 2 saturated heterocycles. The van der Waals surface area contributed by atoms with Crippen LogP contribution in [-0.2, 0) is 23.7 Å². The molecule has 2 aliphatic heterocycles. The van der Waals surface area contributed by atoms with Crippen molar-refractivity contribution < 1.29 is 59.5 Å². The van der Waals surface area contributed by atoms with Crippen LogP contribution in [0.3, 0.4) is 0 Å². The zero-order chi connectivity index (χ0) is 23.1. The number of esters is 1. The summed E-state index contributed by atoms with van der Waals surface area (Å²) >= 11 is 0. The number of ether oxygens (including phenoxy) is 4. The second-order valence-corrected chi connectivity index (χ2v) is 7.44. The van der Waals surface area contributed by atoms with Crippen LogP contribution in [0, 0.1) is 12.3 Å². The minimum Gasteiger partial charge on any atom is -0.463 e. The van der Waals surface area contributed by atoms with E-state index >= 15 is 0 Å². The lowest BCUT2D eigenvalue weighted by Crippen LogP contribution is -2.63. The van der Waals surface area contributed by atoms with Crippen molar-refractivity contribution in [3.8, 4) is 12.3 Å². The summed E-state index contributed by atoms with van der Waals surface area (Å²) in [4.78, 5) is 11.8. The molecule has 10 atom stereocenters. The first-order valence-electron chi connectivity index (χ1n) is 9.96. The number of carbonyl (C=O) groups is 1. The highest BCUT2D eigenvalue weighted by atomic mass is 16.8. The Bertz CT molecular complexity index is 607. The van der Waals surface area contributed by atoms with Gasteiger partial charge in [-0.05, 0) is 12.8 Å². The van der Waals surface area contributed by atoms with Crippen LogP contribution in [0.4, 0.5) is 0 Å². The van der Waals surface area contributed by atoms with Crippen molar-refractivity contribution in [1.29, 1.82) is 0 Å². The Morgan fingerprint density at radius 3 is 1.94 bits per heavy atom. The molecule has 0 saturated carbocycles. The predicted octanol–water partition coefficient (Wildman–Crippen LogP) is -3.65. The lowest BCUT2D eigenvalue weighted by Gasteiger charge is -2.44. The van der Waals surface area contributed by atoms with Crippen molar-refractivity contribution in [2.75, 3.05) is 13.2 Å². The number of hydrogen-bond donors (Lipinski definition) is 7. The van der Waals surface area contributed by atoms with Crippen LogP contribution >= 0.6 is 0 Å². The highest BCUT2D eigenvalue weighted by Crippen LogP contribution is 2.28. The first-order chi connectivity index (χ1) is 14.7. The summed E-state index contributed by atoms with van der Waals surface area (Å²) in [6.07, 6.45) is -9.16. The summed E-state index contributed by atoms with van der Waals surface area (Å²) in [5.74, 6) is 1.88. The molecule has 4 unspecified atom stereocenters. The molecule has 0 amide bonds. The molecule has 0 spiro atoms. The summed E-state index contributed by atoms with van der Waals surface area (Å²) < 4.78 is 20.9. The average molecular weight is 450 g/mol. The highest BCUT2D eigenvalue weighted by Gasteiger charge is 2.49. The molecule has 0 aromatic heterocycles. The predicted molar refractivity (Wildman–Crippen MR) is 99.8 cm³/mol. The van der Waals surface area contributed by atoms with Crippen LogP contribution in [0.25, 0.3) is 0 Å². The van der Waals surface area contributed by atoms with E-state index in [4.69, 9.17) is 25.4 Å². The SMILES string of the molecule is C#CCCCCC(=O)OCC1O[C@H](O[C@H]2OC(CO)[C@@H](O)[C@@H](O)C2O)[C@@H](O)C(O)[C@@H]1O. The van der Waals surface area contributed by atoms with Crippen LogP contribution < -0.4 is 0 Å². The molecule has 12 heteroatoms. The number of aliphatic hydroxyl groups excluding tert-OH is 7. The summed E-state index contributed by atoms with van der Waals surface area (Å²) in [5.41, 5.74) is 0. The molecule has 0 aromatic rings. The van der Waals surface area contributed by atoms with Gasteiger partial charge >= 0.3 is 5.97 Å². The van der Waals surface area contributed by atoms with Crippen LogP contribution in [0.5, 0.6) is 0 Å². The van der Waals surface area contributed by atoms with Gasteiger partial charge in [-0.3, -0.25) is 4.79 Å². The molecule has 7 N–H and O–H groups in total. The van der Waals surface area contributed by atoms with Crippen molar-refractivity contribution in [3.05, 3.63) is 0 Å². The zero-order valence-corrected chi connectivity index (χ0v) is 16.8. The number of hydrogen-bond acceptors (Lipinski definition) is 12. The van der Waals surface area contributed by atoms with Crippen molar-refractivity contribution in [2.45, 2.75) is 87.1 Å². The molecule has 0 bridgehead atoms. The van der Waals surface area contributed by atoms with Gasteiger partial charge in [-0.25, -0.2) is 0 Å². The third-order valence-corrected chi connectivity index (χ3v) is 5.15. The fraction of sp³-hybridized carbons (Fsp3) is 0.842. The summed E-state index contributed by atoms with van der Waals surface area (Å²) in [7, 11) is 0. The van der Waals surface area contributed by atoms with E-state index in [0.29, 0.717) is 19.3 Å². The van der Waals surface area contributed by atoms with Gasteiger partial charge in [-0.1, -0.05) is 0 Å². The minimum atomic E-state index is -1.78. The maximum Gasteiger partial charge on any atom is 0.305 e. The molecule has 2 heterocycles. The monoisotopic (exact) mass is 450 g/mol. The van der Waals surface area contributed by atoms with Gasteiger partial charge in [0.1, 0.15) is 55.4 Å². The van der Waals surface area contributed by atoms with Gasteiger partial charge in [0.2, 0.25) is 0 Å². The first-order valence-corrected chi connectivity index (χ1v) is 9.96. The van der Waals surface area contributed by atoms with Gasteiger partial charge in [0.25, 0.3) is 0 Å². The van der Waals surface area contributed by atoms with E-state index in [2.05, 4.69) is 5.92 Å². The smallest absolute Gasteiger partial charge is 0.305 e. The molecule has 2 fully saturated rings. The molecule has 2 aliphatic rings. The van der Waals surface area contributed by atoms with E-state index in [-0.39, 0.29) is 6.42 Å². The molecular weight excluding hydrogens is 420 g/mol. The standard InChI is InChI=1S/C19H30O12/c1-2-3-4-5-6-11(21)28-8-10-13(23)15(25)17(27)19(30-10)31-18-16(26)14(24)12(22)9(7-20)29-18/h1,9-10,12-20,22-27H,3-8H2/t9?,10?,12-,13-,14-,15?,16?,17+,18-,19-/m1/s1. The molecular formula is C19H30O12. The van der Waals surface area contributed by atoms with Gasteiger partial charge in [0.05, 0.1) is 6.61 Å². The quantitative estimate of drug-likeness (QED) is 0.103. The topological polar surface area (TPSA) is 196 Å². The number of rotatable bonds is 9. The fourth-order valence-corrected chi connectivity index (χ4v) is 3.22. The largest absolute Gasteiger partial charge is 0.463 e. The number of terminal acetylenes is 1. The number of aliphatic hydroxyl groups is 7. The summed E-state index contributed by atoms with van der Waals surface area (Å²) in [5, 5.41) is 69.2. The van der Waals surface area contributed by atoms with E-state index in [0.717, 1.165) is 0 Å². The third-order valence-electron chi connectivity index (χ3n) is 5.15. The summed E-state index contributed by atoms with van der Waals surface area (Å²) in [6.45, 7) is -1.15. The number of unbranched alkanes of at least 4 members (excludes halogenated alkanes) is 2. The van der Waals surface area contributed by atoms with E-state index < -0.39 is 80.6 Å². The molecule has 0 aromatic carbocycles. The Balaban J connectivity index is 1.94. The van der Waals surface area contributed by atoms with Crippen LogP contribution in [-0.4, -0.2) is 116 Å². The molecule has 0 radical (unpaired) electrons. The molecule has 12 nitrogen and oxygen atoms in total. The maximum atomic E-state index is 11.8. The summed E-state index contributed by atoms with van der Waals surface area (Å²) in [6, 6.07) is 0. The normalized spacial score (nSPS) is 40.8. The Hall–Kier alpha value is -1.37. The van der Waals surface area contributed by atoms with Gasteiger partial charge in [0.15, 0.2) is 12.6 Å². The Labute approximate surface area is 178 Å². The van der Waals surface area contributed by atoms with Gasteiger partial charge < -0.3 is 54.7 Å². The Morgan fingerprint density at radius 2 is 1.39 bits per heavy atom. The second kappa shape index (κ2) is 12.0. The lowest BCUT2D eigenvalue weighted by atomic mass is 9.98. The Morgan fingerprint density at radius 1 is 0.839 bits per heavy atom. The average Bonchev–Trinajstić information content (AvgIpc) is 2.76. The highest BCUT2D eigenvalue weighted by molar-refractivity contribution is 5.69. The van der Waals surface area contributed by atoms with Crippen LogP contribution in [0.1, 0.15) is 25.7 Å². The van der Waals surface area contributed by atoms with Crippen molar-refractivity contribution in [1.82, 2.24) is 0 Å². The van der Waals surface area contributed by atoms with Crippen molar-refractivity contribution >= 4 is 5.97 Å². The van der Waals surface area contributed by atoms with Gasteiger partial charge in [0, 0.05) is 12.8 Å². The molecule has 2 rings (SSSR count). The molecule has 31 heavy (non-hydrogen) atoms. The zero-order valence-electron chi connectivity index (χ0n) is 16.8. The van der Waals surface area contributed by atoms with Crippen LogP contribution in [0.2, 0.25) is 0 Å². The molecule has 0 aliphatic carbocycles.